The Hall–Kier alpha value is -1.84. The fraction of sp³-hybridized carbons (Fsp3) is 0.364. The Morgan fingerprint density at radius 1 is 1.05 bits per heavy atom. The molecule has 1 aromatic rings. The number of ether oxygens (including phenoxy) is 1. The van der Waals surface area contributed by atoms with Crippen molar-refractivity contribution in [2.45, 2.75) is 24.6 Å². The Morgan fingerprint density at radius 3 is 1.95 bits per heavy atom. The highest BCUT2D eigenvalue weighted by molar-refractivity contribution is 5.81. The van der Waals surface area contributed by atoms with Gasteiger partial charge in [0, 0.05) is 5.56 Å². The van der Waals surface area contributed by atoms with Gasteiger partial charge in [0.1, 0.15) is 12.4 Å². The van der Waals surface area contributed by atoms with E-state index in [0.29, 0.717) is 0 Å². The van der Waals surface area contributed by atoms with Crippen LogP contribution >= 0.6 is 0 Å². The minimum absolute atomic E-state index is 0.447. The largest absolute Gasteiger partial charge is 0.458 e. The molecule has 0 radical (unpaired) electrons. The summed E-state index contributed by atoms with van der Waals surface area (Å²) in [7, 11) is 0. The van der Waals surface area contributed by atoms with Crippen LogP contribution < -0.4 is 0 Å². The molecule has 21 heavy (non-hydrogen) atoms. The molecule has 0 fully saturated rings. The van der Waals surface area contributed by atoms with E-state index in [4.69, 9.17) is 5.11 Å². The molecule has 0 heterocycles. The number of carbonyl (C=O) groups is 1. The first-order valence-electron chi connectivity index (χ1n) is 5.17. The molecule has 0 atom stereocenters. The molecular weight excluding hydrogens is 313 g/mol. The van der Waals surface area contributed by atoms with Crippen LogP contribution in [0.25, 0.3) is 0 Å². The Bertz CT molecular complexity index is 507. The van der Waals surface area contributed by atoms with Crippen molar-refractivity contribution >= 4 is 5.97 Å². The molecule has 0 aliphatic carbocycles. The summed E-state index contributed by atoms with van der Waals surface area (Å²) in [5, 5.41) is 8.68. The van der Waals surface area contributed by atoms with E-state index in [2.05, 4.69) is 4.74 Å². The molecule has 3 nitrogen and oxygen atoms in total. The average molecular weight is 320 g/mol. The van der Waals surface area contributed by atoms with E-state index in [1.54, 1.807) is 0 Å². The Labute approximate surface area is 112 Å². The van der Waals surface area contributed by atoms with Gasteiger partial charge in [-0.15, -0.1) is 0 Å². The minimum Gasteiger partial charge on any atom is -0.458 e. The highest BCUT2D eigenvalue weighted by atomic mass is 19.4. The fourth-order valence-electron chi connectivity index (χ4n) is 1.26. The first kappa shape index (κ1) is 17.2. The predicted molar refractivity (Wildman–Crippen MR) is 53.3 cm³/mol. The van der Waals surface area contributed by atoms with Gasteiger partial charge in [-0.1, -0.05) is 18.2 Å². The van der Waals surface area contributed by atoms with Crippen LogP contribution in [-0.4, -0.2) is 29.0 Å². The van der Waals surface area contributed by atoms with Crippen molar-refractivity contribution in [2.24, 2.45) is 0 Å². The normalized spacial score (nSPS) is 13.1. The zero-order valence-corrected chi connectivity index (χ0v) is 9.93. The van der Waals surface area contributed by atoms with Crippen molar-refractivity contribution in [1.29, 1.82) is 0 Å². The molecule has 1 N–H and O–H groups in total. The van der Waals surface area contributed by atoms with Gasteiger partial charge in [-0.2, -0.15) is 26.3 Å². The molecule has 0 bridgehead atoms. The summed E-state index contributed by atoms with van der Waals surface area (Å²) in [4.78, 5) is 11.0. The van der Waals surface area contributed by atoms with Gasteiger partial charge in [0.05, 0.1) is 0 Å². The SMILES string of the molecule is O=C(OCc1ccccc1F)C(O)(C(F)(F)F)C(F)(F)F. The van der Waals surface area contributed by atoms with Gasteiger partial charge >= 0.3 is 23.9 Å². The summed E-state index contributed by atoms with van der Waals surface area (Å²) in [5.74, 6) is -3.97. The lowest BCUT2D eigenvalue weighted by Crippen LogP contribution is -2.62. The molecular formula is C11H7F7O3. The third-order valence-electron chi connectivity index (χ3n) is 2.43. The molecule has 0 aliphatic heterocycles. The predicted octanol–water partition coefficient (Wildman–Crippen LogP) is 2.72. The van der Waals surface area contributed by atoms with Crippen molar-refractivity contribution in [2.75, 3.05) is 0 Å². The number of carbonyl (C=O) groups excluding carboxylic acids is 1. The second-order valence-corrected chi connectivity index (χ2v) is 3.87. The molecule has 0 unspecified atom stereocenters. The molecule has 0 saturated carbocycles. The minimum atomic E-state index is -6.34. The number of esters is 1. The summed E-state index contributed by atoms with van der Waals surface area (Å²) in [5.41, 5.74) is -6.12. The number of rotatable bonds is 3. The lowest BCUT2D eigenvalue weighted by molar-refractivity contribution is -0.357. The maximum Gasteiger partial charge on any atom is 0.437 e. The van der Waals surface area contributed by atoms with Crippen molar-refractivity contribution in [1.82, 2.24) is 0 Å². The van der Waals surface area contributed by atoms with Crippen LogP contribution in [0.5, 0.6) is 0 Å². The third-order valence-corrected chi connectivity index (χ3v) is 2.43. The van der Waals surface area contributed by atoms with Gasteiger partial charge in [-0.3, -0.25) is 0 Å². The number of halogens is 7. The quantitative estimate of drug-likeness (QED) is 0.688. The van der Waals surface area contributed by atoms with Crippen LogP contribution in [0, 0.1) is 5.82 Å². The number of benzene rings is 1. The lowest BCUT2D eigenvalue weighted by atomic mass is 10.0. The van der Waals surface area contributed by atoms with Gasteiger partial charge in [0.25, 0.3) is 0 Å². The molecule has 10 heteroatoms. The molecule has 1 aromatic carbocycles. The van der Waals surface area contributed by atoms with Crippen molar-refractivity contribution in [3.8, 4) is 0 Å². The van der Waals surface area contributed by atoms with E-state index in [1.807, 2.05) is 0 Å². The third kappa shape index (κ3) is 3.26. The zero-order chi connectivity index (χ0) is 16.5. The van der Waals surface area contributed by atoms with E-state index in [-0.39, 0.29) is 0 Å². The maximum absolute atomic E-state index is 13.1. The molecule has 0 saturated heterocycles. The summed E-state index contributed by atoms with van der Waals surface area (Å²) >= 11 is 0. The van der Waals surface area contributed by atoms with Crippen LogP contribution in [0.2, 0.25) is 0 Å². The molecule has 0 aliphatic rings. The first-order chi connectivity index (χ1) is 9.41. The molecule has 0 spiro atoms. The van der Waals surface area contributed by atoms with Gasteiger partial charge in [0.2, 0.25) is 0 Å². The molecule has 118 valence electrons. The number of hydrogen-bond donors (Lipinski definition) is 1. The second kappa shape index (κ2) is 5.51. The smallest absolute Gasteiger partial charge is 0.437 e. The summed E-state index contributed by atoms with van der Waals surface area (Å²) in [6.45, 7) is -1.19. The number of alkyl halides is 6. The van der Waals surface area contributed by atoms with E-state index in [0.717, 1.165) is 12.1 Å². The van der Waals surface area contributed by atoms with Crippen LogP contribution in [0.3, 0.4) is 0 Å². The Morgan fingerprint density at radius 2 is 1.52 bits per heavy atom. The van der Waals surface area contributed by atoms with Crippen LogP contribution in [0.4, 0.5) is 30.7 Å². The second-order valence-electron chi connectivity index (χ2n) is 3.87. The fourth-order valence-corrected chi connectivity index (χ4v) is 1.26. The summed E-state index contributed by atoms with van der Waals surface area (Å²) < 4.78 is 90.7. The van der Waals surface area contributed by atoms with Crippen molar-refractivity contribution < 1.29 is 45.4 Å². The average Bonchev–Trinajstić information content (AvgIpc) is 2.33. The molecule has 0 aromatic heterocycles. The first-order valence-corrected chi connectivity index (χ1v) is 5.17. The van der Waals surface area contributed by atoms with Gasteiger partial charge < -0.3 is 9.84 Å². The van der Waals surface area contributed by atoms with Crippen LogP contribution in [0.15, 0.2) is 24.3 Å². The lowest BCUT2D eigenvalue weighted by Gasteiger charge is -2.29. The standard InChI is InChI=1S/C11H7F7O3/c12-7-4-2-1-3-6(7)5-21-8(19)9(20,10(13,14)15)11(16,17)18/h1-4,20H,5H2. The van der Waals surface area contributed by atoms with E-state index in [9.17, 15) is 35.5 Å². The van der Waals surface area contributed by atoms with E-state index < -0.39 is 41.9 Å². The Kier molecular flexibility index (Phi) is 4.51. The molecule has 1 rings (SSSR count). The highest BCUT2D eigenvalue weighted by Crippen LogP contribution is 2.43. The van der Waals surface area contributed by atoms with Gasteiger partial charge in [0.15, 0.2) is 0 Å². The zero-order valence-electron chi connectivity index (χ0n) is 9.93. The topological polar surface area (TPSA) is 46.5 Å². The van der Waals surface area contributed by atoms with E-state index >= 15 is 0 Å². The van der Waals surface area contributed by atoms with Gasteiger partial charge in [-0.25, -0.2) is 9.18 Å². The van der Waals surface area contributed by atoms with Crippen molar-refractivity contribution in [3.63, 3.8) is 0 Å². The molecule has 0 amide bonds. The van der Waals surface area contributed by atoms with Crippen LogP contribution in [0.1, 0.15) is 5.56 Å². The highest BCUT2D eigenvalue weighted by Gasteiger charge is 2.76. The van der Waals surface area contributed by atoms with Crippen molar-refractivity contribution in [3.05, 3.63) is 35.6 Å². The van der Waals surface area contributed by atoms with Crippen LogP contribution in [-0.2, 0) is 16.1 Å². The maximum atomic E-state index is 13.1. The van der Waals surface area contributed by atoms with E-state index in [1.165, 1.54) is 12.1 Å². The summed E-state index contributed by atoms with van der Waals surface area (Å²) in [6.07, 6.45) is -12.7. The van der Waals surface area contributed by atoms with Gasteiger partial charge in [-0.05, 0) is 6.07 Å². The monoisotopic (exact) mass is 320 g/mol. The summed E-state index contributed by atoms with van der Waals surface area (Å²) in [6, 6.07) is 4.29. The number of aliphatic hydroxyl groups is 1. The number of hydrogen-bond acceptors (Lipinski definition) is 3. The Balaban J connectivity index is 2.97.